The average Bonchev–Trinajstić information content (AvgIpc) is 2.47. The molecule has 2 rings (SSSR count). The molecule has 1 N–H and O–H groups in total. The predicted molar refractivity (Wildman–Crippen MR) is 43.8 cm³/mol. The van der Waals surface area contributed by atoms with E-state index >= 15 is 0 Å². The van der Waals surface area contributed by atoms with Gasteiger partial charge in [-0.25, -0.2) is 0 Å². The Morgan fingerprint density at radius 3 is 3.00 bits per heavy atom. The van der Waals surface area contributed by atoms with E-state index in [0.29, 0.717) is 5.92 Å². The van der Waals surface area contributed by atoms with Gasteiger partial charge in [-0.1, -0.05) is 17.3 Å². The Morgan fingerprint density at radius 2 is 2.18 bits per heavy atom. The van der Waals surface area contributed by atoms with Crippen LogP contribution in [0.3, 0.4) is 0 Å². The second-order valence-electron chi connectivity index (χ2n) is 3.44. The maximum atomic E-state index is 8.67. The standard InChI is InChI=1S/C9H13NO/c11-10-9-6-5-7-3-1-2-4-8(7)9/h1-2,7-8,11H,3-6H2. The van der Waals surface area contributed by atoms with Crippen molar-refractivity contribution in [1.82, 2.24) is 0 Å². The highest BCUT2D eigenvalue weighted by molar-refractivity contribution is 5.88. The van der Waals surface area contributed by atoms with Gasteiger partial charge in [-0.05, 0) is 31.6 Å². The largest absolute Gasteiger partial charge is 0.411 e. The molecule has 0 aromatic heterocycles. The zero-order chi connectivity index (χ0) is 7.68. The monoisotopic (exact) mass is 151 g/mol. The third kappa shape index (κ3) is 1.06. The molecule has 2 aliphatic carbocycles. The van der Waals surface area contributed by atoms with E-state index in [9.17, 15) is 0 Å². The van der Waals surface area contributed by atoms with E-state index in [0.717, 1.165) is 24.5 Å². The van der Waals surface area contributed by atoms with Crippen molar-refractivity contribution in [3.8, 4) is 0 Å². The fraction of sp³-hybridized carbons (Fsp3) is 0.667. The molecule has 1 saturated carbocycles. The first-order valence-electron chi connectivity index (χ1n) is 4.27. The summed E-state index contributed by atoms with van der Waals surface area (Å²) in [6.45, 7) is 0. The molecule has 0 aliphatic heterocycles. The molecule has 2 atom stereocenters. The van der Waals surface area contributed by atoms with Gasteiger partial charge in [-0.3, -0.25) is 0 Å². The molecule has 0 aromatic rings. The Morgan fingerprint density at radius 1 is 1.36 bits per heavy atom. The topological polar surface area (TPSA) is 32.6 Å². The van der Waals surface area contributed by atoms with Crippen molar-refractivity contribution in [3.05, 3.63) is 12.2 Å². The lowest BCUT2D eigenvalue weighted by atomic mass is 9.85. The molecule has 2 aliphatic rings. The Hall–Kier alpha value is -0.790. The van der Waals surface area contributed by atoms with Crippen molar-refractivity contribution < 1.29 is 5.21 Å². The fourth-order valence-corrected chi connectivity index (χ4v) is 2.24. The van der Waals surface area contributed by atoms with Crippen molar-refractivity contribution in [1.29, 1.82) is 0 Å². The quantitative estimate of drug-likeness (QED) is 0.321. The summed E-state index contributed by atoms with van der Waals surface area (Å²) in [6.07, 6.45) is 8.95. The molecule has 60 valence electrons. The first kappa shape index (κ1) is 6.89. The smallest absolute Gasteiger partial charge is 0.0607 e. The van der Waals surface area contributed by atoms with Crippen LogP contribution in [0.15, 0.2) is 17.3 Å². The van der Waals surface area contributed by atoms with Gasteiger partial charge in [0.15, 0.2) is 0 Å². The van der Waals surface area contributed by atoms with Gasteiger partial charge in [-0.15, -0.1) is 0 Å². The molecule has 2 heteroatoms. The van der Waals surface area contributed by atoms with Crippen LogP contribution in [0.25, 0.3) is 0 Å². The highest BCUT2D eigenvalue weighted by atomic mass is 16.4. The van der Waals surface area contributed by atoms with E-state index < -0.39 is 0 Å². The summed E-state index contributed by atoms with van der Waals surface area (Å²) < 4.78 is 0. The SMILES string of the molecule is ON=C1CCC2CC=CCC12. The fourth-order valence-electron chi connectivity index (χ4n) is 2.24. The van der Waals surface area contributed by atoms with Crippen molar-refractivity contribution in [3.63, 3.8) is 0 Å². The minimum Gasteiger partial charge on any atom is -0.411 e. The summed E-state index contributed by atoms with van der Waals surface area (Å²) in [5, 5.41) is 12.0. The molecular formula is C9H13NO. The van der Waals surface area contributed by atoms with Gasteiger partial charge in [0.25, 0.3) is 0 Å². The molecule has 0 aromatic carbocycles. The number of rotatable bonds is 0. The molecule has 11 heavy (non-hydrogen) atoms. The average molecular weight is 151 g/mol. The Labute approximate surface area is 66.6 Å². The summed E-state index contributed by atoms with van der Waals surface area (Å²) >= 11 is 0. The number of oxime groups is 1. The van der Waals surface area contributed by atoms with Gasteiger partial charge in [-0.2, -0.15) is 0 Å². The lowest BCUT2D eigenvalue weighted by molar-refractivity contribution is 0.312. The molecular weight excluding hydrogens is 138 g/mol. The summed E-state index contributed by atoms with van der Waals surface area (Å²) in [6, 6.07) is 0. The van der Waals surface area contributed by atoms with Crippen LogP contribution in [0.2, 0.25) is 0 Å². The molecule has 0 bridgehead atoms. The van der Waals surface area contributed by atoms with Gasteiger partial charge in [0.05, 0.1) is 5.71 Å². The molecule has 0 radical (unpaired) electrons. The molecule has 0 saturated heterocycles. The van der Waals surface area contributed by atoms with Crippen LogP contribution in [0, 0.1) is 11.8 Å². The minimum absolute atomic E-state index is 0.560. The van der Waals surface area contributed by atoms with Crippen LogP contribution < -0.4 is 0 Å². The van der Waals surface area contributed by atoms with E-state index in [1.807, 2.05) is 0 Å². The maximum absolute atomic E-state index is 8.67. The number of hydrogen-bond donors (Lipinski definition) is 1. The molecule has 0 spiro atoms. The second-order valence-corrected chi connectivity index (χ2v) is 3.44. The van der Waals surface area contributed by atoms with E-state index in [-0.39, 0.29) is 0 Å². The first-order valence-corrected chi connectivity index (χ1v) is 4.27. The van der Waals surface area contributed by atoms with Crippen LogP contribution in [0.5, 0.6) is 0 Å². The summed E-state index contributed by atoms with van der Waals surface area (Å²) in [4.78, 5) is 0. The first-order chi connectivity index (χ1) is 5.42. The van der Waals surface area contributed by atoms with Crippen molar-refractivity contribution in [2.75, 3.05) is 0 Å². The van der Waals surface area contributed by atoms with E-state index in [1.165, 1.54) is 12.8 Å². The molecule has 2 nitrogen and oxygen atoms in total. The van der Waals surface area contributed by atoms with Gasteiger partial charge >= 0.3 is 0 Å². The number of fused-ring (bicyclic) bond motifs is 1. The zero-order valence-corrected chi connectivity index (χ0v) is 6.53. The summed E-state index contributed by atoms with van der Waals surface area (Å²) in [5.41, 5.74) is 1.03. The second kappa shape index (κ2) is 2.68. The maximum Gasteiger partial charge on any atom is 0.0607 e. The number of hydrogen-bond acceptors (Lipinski definition) is 2. The predicted octanol–water partition coefficient (Wildman–Crippen LogP) is 2.19. The van der Waals surface area contributed by atoms with Crippen molar-refractivity contribution in [2.45, 2.75) is 25.7 Å². The van der Waals surface area contributed by atoms with Crippen molar-refractivity contribution >= 4 is 5.71 Å². The summed E-state index contributed by atoms with van der Waals surface area (Å²) in [5.74, 6) is 1.33. The normalized spacial score (nSPS) is 39.5. The Balaban J connectivity index is 2.17. The third-order valence-electron chi connectivity index (χ3n) is 2.89. The third-order valence-corrected chi connectivity index (χ3v) is 2.89. The van der Waals surface area contributed by atoms with Gasteiger partial charge in [0.2, 0.25) is 0 Å². The highest BCUT2D eigenvalue weighted by Crippen LogP contribution is 2.37. The summed E-state index contributed by atoms with van der Waals surface area (Å²) in [7, 11) is 0. The molecule has 0 amide bonds. The lowest BCUT2D eigenvalue weighted by Gasteiger charge is -2.19. The highest BCUT2D eigenvalue weighted by Gasteiger charge is 2.32. The Kier molecular flexibility index (Phi) is 1.68. The van der Waals surface area contributed by atoms with Gasteiger partial charge in [0.1, 0.15) is 0 Å². The number of nitrogens with zero attached hydrogens (tertiary/aromatic N) is 1. The number of allylic oxidation sites excluding steroid dienone is 2. The minimum atomic E-state index is 0.560. The van der Waals surface area contributed by atoms with Gasteiger partial charge < -0.3 is 5.21 Å². The molecule has 0 heterocycles. The molecule has 2 unspecified atom stereocenters. The Bertz CT molecular complexity index is 208. The van der Waals surface area contributed by atoms with Crippen LogP contribution in [-0.4, -0.2) is 10.9 Å². The lowest BCUT2D eigenvalue weighted by Crippen LogP contribution is -2.16. The zero-order valence-electron chi connectivity index (χ0n) is 6.53. The van der Waals surface area contributed by atoms with E-state index in [2.05, 4.69) is 17.3 Å². The van der Waals surface area contributed by atoms with Crippen LogP contribution in [0.4, 0.5) is 0 Å². The van der Waals surface area contributed by atoms with E-state index in [4.69, 9.17) is 5.21 Å². The van der Waals surface area contributed by atoms with Crippen molar-refractivity contribution in [2.24, 2.45) is 17.0 Å². The van der Waals surface area contributed by atoms with Crippen LogP contribution in [-0.2, 0) is 0 Å². The van der Waals surface area contributed by atoms with Crippen LogP contribution >= 0.6 is 0 Å². The van der Waals surface area contributed by atoms with E-state index in [1.54, 1.807) is 0 Å². The van der Waals surface area contributed by atoms with Crippen LogP contribution in [0.1, 0.15) is 25.7 Å². The molecule has 1 fully saturated rings. The van der Waals surface area contributed by atoms with Gasteiger partial charge in [0, 0.05) is 5.92 Å².